The zero-order valence-electron chi connectivity index (χ0n) is 10.9. The van der Waals surface area contributed by atoms with Gasteiger partial charge in [-0.15, -0.1) is 0 Å². The van der Waals surface area contributed by atoms with E-state index in [4.69, 9.17) is 17.0 Å². The summed E-state index contributed by atoms with van der Waals surface area (Å²) in [6.45, 7) is 1.91. The van der Waals surface area contributed by atoms with Crippen molar-refractivity contribution in [1.82, 2.24) is 0 Å². The molecule has 2 aromatic rings. The summed E-state index contributed by atoms with van der Waals surface area (Å²) in [5, 5.41) is 0.465. The minimum Gasteiger partial charge on any atom is -0.490 e. The molecular weight excluding hydrogens is 259 g/mol. The average Bonchev–Trinajstić information content (AvgIpc) is 2.46. The van der Waals surface area contributed by atoms with Crippen LogP contribution >= 0.6 is 12.2 Å². The van der Waals surface area contributed by atoms with E-state index < -0.39 is 0 Å². The van der Waals surface area contributed by atoms with E-state index in [-0.39, 0.29) is 11.7 Å². The number of thiocarbonyl (C=S) groups is 1. The Hall–Kier alpha value is -1.74. The van der Waals surface area contributed by atoms with Gasteiger partial charge >= 0.3 is 0 Å². The van der Waals surface area contributed by atoms with Crippen LogP contribution < -0.4 is 0 Å². The molecule has 19 heavy (non-hydrogen) atoms. The third-order valence-corrected chi connectivity index (χ3v) is 3.65. The monoisotopic (exact) mass is 274 g/mol. The zero-order chi connectivity index (χ0) is 13.8. The quantitative estimate of drug-likeness (QED) is 0.758. The van der Waals surface area contributed by atoms with Gasteiger partial charge in [-0.05, 0) is 29.4 Å². The van der Waals surface area contributed by atoms with Crippen LogP contribution in [0.25, 0.3) is 11.1 Å². The van der Waals surface area contributed by atoms with Gasteiger partial charge in [0.15, 0.2) is 5.05 Å². The van der Waals surface area contributed by atoms with E-state index in [0.29, 0.717) is 10.6 Å². The molecule has 0 N–H and O–H groups in total. The second-order valence-corrected chi connectivity index (χ2v) is 4.75. The molecule has 0 radical (unpaired) electrons. The van der Waals surface area contributed by atoms with Gasteiger partial charge in [-0.3, -0.25) is 0 Å². The predicted octanol–water partition coefficient (Wildman–Crippen LogP) is 4.57. The van der Waals surface area contributed by atoms with Crippen LogP contribution in [-0.4, -0.2) is 12.2 Å². The Kier molecular flexibility index (Phi) is 4.27. The number of halogens is 1. The Morgan fingerprint density at radius 2 is 1.84 bits per heavy atom. The highest BCUT2D eigenvalue weighted by Gasteiger charge is 2.14. The third-order valence-electron chi connectivity index (χ3n) is 3.13. The molecule has 0 bridgehead atoms. The lowest BCUT2D eigenvalue weighted by Gasteiger charge is -2.13. The molecule has 0 aliphatic rings. The first kappa shape index (κ1) is 13.7. The molecule has 98 valence electrons. The maximum Gasteiger partial charge on any atom is 0.166 e. The third kappa shape index (κ3) is 2.99. The fourth-order valence-corrected chi connectivity index (χ4v) is 2.10. The van der Waals surface area contributed by atoms with E-state index in [0.717, 1.165) is 11.1 Å². The van der Waals surface area contributed by atoms with Gasteiger partial charge in [0.1, 0.15) is 5.82 Å². The van der Waals surface area contributed by atoms with E-state index in [1.54, 1.807) is 6.07 Å². The first-order valence-corrected chi connectivity index (χ1v) is 6.47. The van der Waals surface area contributed by atoms with Gasteiger partial charge in [-0.1, -0.05) is 49.4 Å². The Morgan fingerprint density at radius 1 is 1.16 bits per heavy atom. The summed E-state index contributed by atoms with van der Waals surface area (Å²) in [5.74, 6) is -0.339. The summed E-state index contributed by atoms with van der Waals surface area (Å²) in [6, 6.07) is 14.7. The van der Waals surface area contributed by atoms with Crippen LogP contribution in [0.3, 0.4) is 0 Å². The molecule has 0 amide bonds. The van der Waals surface area contributed by atoms with Crippen molar-refractivity contribution in [2.24, 2.45) is 0 Å². The smallest absolute Gasteiger partial charge is 0.166 e. The summed E-state index contributed by atoms with van der Waals surface area (Å²) >= 11 is 5.08. The van der Waals surface area contributed by atoms with Crippen LogP contribution in [0.2, 0.25) is 0 Å². The fraction of sp³-hybridized carbons (Fsp3) is 0.188. The molecule has 0 aliphatic heterocycles. The van der Waals surface area contributed by atoms with Crippen LogP contribution in [0, 0.1) is 5.82 Å². The number of ether oxygens (including phenoxy) is 1. The summed E-state index contributed by atoms with van der Waals surface area (Å²) in [7, 11) is 1.54. The average molecular weight is 274 g/mol. The highest BCUT2D eigenvalue weighted by Crippen LogP contribution is 2.26. The van der Waals surface area contributed by atoms with E-state index >= 15 is 0 Å². The molecular formula is C16H15FOS. The molecule has 2 rings (SSSR count). The van der Waals surface area contributed by atoms with Crippen molar-refractivity contribution in [1.29, 1.82) is 0 Å². The number of rotatable bonds is 3. The standard InChI is InChI=1S/C16H15FOS/c1-11(16(19)18-2)13-8-9-14(15(17)10-13)12-6-4-3-5-7-12/h3-11H,1-2H3. The van der Waals surface area contributed by atoms with Crippen molar-refractivity contribution in [2.45, 2.75) is 12.8 Å². The van der Waals surface area contributed by atoms with Gasteiger partial charge < -0.3 is 4.74 Å². The lowest BCUT2D eigenvalue weighted by atomic mass is 9.97. The summed E-state index contributed by atoms with van der Waals surface area (Å²) in [6.07, 6.45) is 0. The SMILES string of the molecule is COC(=S)C(C)c1ccc(-c2ccccc2)c(F)c1. The minimum absolute atomic E-state index is 0.0978. The molecule has 0 fully saturated rings. The Morgan fingerprint density at radius 3 is 2.42 bits per heavy atom. The van der Waals surface area contributed by atoms with E-state index in [1.165, 1.54) is 13.2 Å². The van der Waals surface area contributed by atoms with Crippen molar-refractivity contribution in [3.63, 3.8) is 0 Å². The molecule has 0 saturated carbocycles. The van der Waals surface area contributed by atoms with E-state index in [9.17, 15) is 4.39 Å². The first-order valence-electron chi connectivity index (χ1n) is 6.06. The molecule has 2 aromatic carbocycles. The van der Waals surface area contributed by atoms with Gasteiger partial charge in [-0.25, -0.2) is 4.39 Å². The number of hydrogen-bond donors (Lipinski definition) is 0. The van der Waals surface area contributed by atoms with Gasteiger partial charge in [0, 0.05) is 11.5 Å². The lowest BCUT2D eigenvalue weighted by Crippen LogP contribution is -2.08. The number of methoxy groups -OCH3 is 1. The fourth-order valence-electron chi connectivity index (χ4n) is 1.97. The normalized spacial score (nSPS) is 11.9. The Labute approximate surface area is 118 Å². The minimum atomic E-state index is -0.241. The Bertz CT molecular complexity index is 581. The van der Waals surface area contributed by atoms with Crippen molar-refractivity contribution < 1.29 is 9.13 Å². The van der Waals surface area contributed by atoms with Gasteiger partial charge in [0.2, 0.25) is 0 Å². The van der Waals surface area contributed by atoms with Crippen molar-refractivity contribution in [3.8, 4) is 11.1 Å². The van der Waals surface area contributed by atoms with Crippen LogP contribution in [0.4, 0.5) is 4.39 Å². The van der Waals surface area contributed by atoms with Crippen LogP contribution in [0.1, 0.15) is 18.4 Å². The van der Waals surface area contributed by atoms with Gasteiger partial charge in [-0.2, -0.15) is 0 Å². The predicted molar refractivity (Wildman–Crippen MR) is 79.9 cm³/mol. The first-order chi connectivity index (χ1) is 9.13. The maximum atomic E-state index is 14.2. The van der Waals surface area contributed by atoms with Crippen molar-refractivity contribution in [3.05, 3.63) is 59.9 Å². The molecule has 3 heteroatoms. The second-order valence-electron chi connectivity index (χ2n) is 4.35. The zero-order valence-corrected chi connectivity index (χ0v) is 11.7. The number of benzene rings is 2. The molecule has 0 aromatic heterocycles. The number of hydrogen-bond acceptors (Lipinski definition) is 2. The maximum absolute atomic E-state index is 14.2. The van der Waals surface area contributed by atoms with Crippen LogP contribution in [-0.2, 0) is 4.74 Å². The largest absolute Gasteiger partial charge is 0.490 e. The molecule has 1 unspecified atom stereocenters. The second kappa shape index (κ2) is 5.93. The van der Waals surface area contributed by atoms with Crippen molar-refractivity contribution >= 4 is 17.3 Å². The summed E-state index contributed by atoms with van der Waals surface area (Å²) < 4.78 is 19.2. The van der Waals surface area contributed by atoms with E-state index in [1.807, 2.05) is 43.3 Å². The van der Waals surface area contributed by atoms with Crippen molar-refractivity contribution in [2.75, 3.05) is 7.11 Å². The van der Waals surface area contributed by atoms with Crippen LogP contribution in [0.15, 0.2) is 48.5 Å². The summed E-state index contributed by atoms with van der Waals surface area (Å²) in [5.41, 5.74) is 2.29. The highest BCUT2D eigenvalue weighted by molar-refractivity contribution is 7.80. The molecule has 0 aliphatic carbocycles. The lowest BCUT2D eigenvalue weighted by molar-refractivity contribution is 0.397. The molecule has 0 heterocycles. The van der Waals surface area contributed by atoms with Gasteiger partial charge in [0.25, 0.3) is 0 Å². The Balaban J connectivity index is 2.35. The molecule has 0 spiro atoms. The summed E-state index contributed by atoms with van der Waals surface area (Å²) in [4.78, 5) is 0. The topological polar surface area (TPSA) is 9.23 Å². The van der Waals surface area contributed by atoms with E-state index in [2.05, 4.69) is 0 Å². The van der Waals surface area contributed by atoms with Crippen LogP contribution in [0.5, 0.6) is 0 Å². The molecule has 1 nitrogen and oxygen atoms in total. The highest BCUT2D eigenvalue weighted by atomic mass is 32.1. The van der Waals surface area contributed by atoms with Gasteiger partial charge in [0.05, 0.1) is 7.11 Å². The molecule has 1 atom stereocenters. The molecule has 0 saturated heterocycles.